The topological polar surface area (TPSA) is 0 Å². The summed E-state index contributed by atoms with van der Waals surface area (Å²) in [6.07, 6.45) is 1.01. The van der Waals surface area contributed by atoms with Crippen molar-refractivity contribution in [2.45, 2.75) is 19.3 Å². The maximum atomic E-state index is 6.27. The lowest BCUT2D eigenvalue weighted by atomic mass is 9.93. The minimum absolute atomic E-state index is 0.417. The van der Waals surface area contributed by atoms with Crippen molar-refractivity contribution in [1.82, 2.24) is 0 Å². The molecule has 0 aliphatic carbocycles. The SMILES string of the molecule is Cc1cccc(CC(CBr)c2ccccc2Cl)c1. The van der Waals surface area contributed by atoms with Gasteiger partial charge in [0, 0.05) is 10.4 Å². The van der Waals surface area contributed by atoms with Gasteiger partial charge in [-0.15, -0.1) is 0 Å². The first kappa shape index (κ1) is 13.6. The highest BCUT2D eigenvalue weighted by molar-refractivity contribution is 9.09. The predicted octanol–water partition coefficient (Wildman–Crippen LogP) is 5.37. The third kappa shape index (κ3) is 3.37. The summed E-state index contributed by atoms with van der Waals surface area (Å²) in [5.74, 6) is 0.417. The molecule has 1 atom stereocenters. The molecular weight excluding hydrogens is 308 g/mol. The molecule has 0 bridgehead atoms. The molecule has 0 saturated carbocycles. The first-order valence-electron chi connectivity index (χ1n) is 6.06. The van der Waals surface area contributed by atoms with Gasteiger partial charge < -0.3 is 0 Å². The van der Waals surface area contributed by atoms with Crippen LogP contribution >= 0.6 is 27.5 Å². The van der Waals surface area contributed by atoms with E-state index in [9.17, 15) is 0 Å². The Balaban J connectivity index is 2.23. The lowest BCUT2D eigenvalue weighted by Crippen LogP contribution is -2.05. The second-order valence-electron chi connectivity index (χ2n) is 4.57. The molecule has 94 valence electrons. The van der Waals surface area contributed by atoms with Gasteiger partial charge in [-0.3, -0.25) is 0 Å². The summed E-state index contributed by atoms with van der Waals surface area (Å²) < 4.78 is 0. The molecule has 0 aliphatic rings. The maximum absolute atomic E-state index is 6.27. The third-order valence-electron chi connectivity index (χ3n) is 3.10. The number of alkyl halides is 1. The van der Waals surface area contributed by atoms with E-state index in [0.29, 0.717) is 5.92 Å². The van der Waals surface area contributed by atoms with E-state index in [1.54, 1.807) is 0 Å². The average molecular weight is 324 g/mol. The van der Waals surface area contributed by atoms with Gasteiger partial charge in [-0.05, 0) is 36.5 Å². The molecule has 0 saturated heterocycles. The van der Waals surface area contributed by atoms with Gasteiger partial charge in [0.25, 0.3) is 0 Å². The molecule has 2 aromatic carbocycles. The number of benzene rings is 2. The van der Waals surface area contributed by atoms with Gasteiger partial charge in [0.05, 0.1) is 0 Å². The van der Waals surface area contributed by atoms with Gasteiger partial charge in [-0.2, -0.15) is 0 Å². The summed E-state index contributed by atoms with van der Waals surface area (Å²) in [4.78, 5) is 0. The molecule has 18 heavy (non-hydrogen) atoms. The Kier molecular flexibility index (Phi) is 4.85. The lowest BCUT2D eigenvalue weighted by molar-refractivity contribution is 0.775. The van der Waals surface area contributed by atoms with Gasteiger partial charge in [0.2, 0.25) is 0 Å². The van der Waals surface area contributed by atoms with Crippen molar-refractivity contribution in [2.75, 3.05) is 5.33 Å². The Morgan fingerprint density at radius 1 is 1.11 bits per heavy atom. The Labute approximate surface area is 122 Å². The van der Waals surface area contributed by atoms with E-state index in [0.717, 1.165) is 16.8 Å². The van der Waals surface area contributed by atoms with Crippen LogP contribution in [0.15, 0.2) is 48.5 Å². The fourth-order valence-electron chi connectivity index (χ4n) is 2.18. The van der Waals surface area contributed by atoms with Gasteiger partial charge in [0.15, 0.2) is 0 Å². The zero-order valence-corrected chi connectivity index (χ0v) is 12.7. The molecule has 0 heterocycles. The molecule has 0 aliphatic heterocycles. The molecule has 2 aromatic rings. The first-order chi connectivity index (χ1) is 8.70. The van der Waals surface area contributed by atoms with Gasteiger partial charge in [-0.25, -0.2) is 0 Å². The third-order valence-corrected chi connectivity index (χ3v) is 4.22. The summed E-state index contributed by atoms with van der Waals surface area (Å²) in [6.45, 7) is 2.13. The van der Waals surface area contributed by atoms with Crippen molar-refractivity contribution >= 4 is 27.5 Å². The van der Waals surface area contributed by atoms with Crippen LogP contribution in [-0.2, 0) is 6.42 Å². The Hall–Kier alpha value is -0.790. The number of aryl methyl sites for hydroxylation is 1. The standard InChI is InChI=1S/C16H16BrCl/c1-12-5-4-6-13(9-12)10-14(11-17)15-7-2-3-8-16(15)18/h2-9,14H,10-11H2,1H3. The molecule has 2 heteroatoms. The summed E-state index contributed by atoms with van der Waals surface area (Å²) in [5.41, 5.74) is 3.89. The molecule has 0 spiro atoms. The van der Waals surface area contributed by atoms with Crippen molar-refractivity contribution in [3.05, 3.63) is 70.2 Å². The quantitative estimate of drug-likeness (QED) is 0.664. The maximum Gasteiger partial charge on any atom is 0.0441 e. The second-order valence-corrected chi connectivity index (χ2v) is 5.62. The molecule has 0 nitrogen and oxygen atoms in total. The number of rotatable bonds is 4. The van der Waals surface area contributed by atoms with E-state index in [1.165, 1.54) is 16.7 Å². The van der Waals surface area contributed by atoms with Crippen LogP contribution in [0.5, 0.6) is 0 Å². The van der Waals surface area contributed by atoms with Crippen LogP contribution in [0.25, 0.3) is 0 Å². The summed E-state index contributed by atoms with van der Waals surface area (Å²) in [6, 6.07) is 16.8. The van der Waals surface area contributed by atoms with Crippen LogP contribution in [0.3, 0.4) is 0 Å². The molecule has 0 fully saturated rings. The van der Waals surface area contributed by atoms with Gasteiger partial charge in [0.1, 0.15) is 0 Å². The van der Waals surface area contributed by atoms with Crippen LogP contribution in [0.4, 0.5) is 0 Å². The highest BCUT2D eigenvalue weighted by Gasteiger charge is 2.13. The minimum Gasteiger partial charge on any atom is -0.0921 e. The van der Waals surface area contributed by atoms with E-state index in [-0.39, 0.29) is 0 Å². The van der Waals surface area contributed by atoms with E-state index >= 15 is 0 Å². The van der Waals surface area contributed by atoms with Crippen molar-refractivity contribution in [2.24, 2.45) is 0 Å². The zero-order chi connectivity index (χ0) is 13.0. The lowest BCUT2D eigenvalue weighted by Gasteiger charge is -2.16. The summed E-state index contributed by atoms with van der Waals surface area (Å²) in [5, 5.41) is 1.78. The van der Waals surface area contributed by atoms with E-state index < -0.39 is 0 Å². The first-order valence-corrected chi connectivity index (χ1v) is 7.56. The number of hydrogen-bond acceptors (Lipinski definition) is 0. The highest BCUT2D eigenvalue weighted by Crippen LogP contribution is 2.29. The minimum atomic E-state index is 0.417. The van der Waals surface area contributed by atoms with Crippen molar-refractivity contribution in [3.63, 3.8) is 0 Å². The Morgan fingerprint density at radius 2 is 1.89 bits per heavy atom. The molecule has 0 amide bonds. The van der Waals surface area contributed by atoms with Crippen molar-refractivity contribution in [3.8, 4) is 0 Å². The highest BCUT2D eigenvalue weighted by atomic mass is 79.9. The molecule has 0 aromatic heterocycles. The van der Waals surface area contributed by atoms with E-state index in [2.05, 4.69) is 53.2 Å². The molecule has 2 rings (SSSR count). The Bertz CT molecular complexity index is 522. The summed E-state index contributed by atoms with van der Waals surface area (Å²) in [7, 11) is 0. The number of halogens is 2. The van der Waals surface area contributed by atoms with Crippen LogP contribution in [0.2, 0.25) is 5.02 Å². The van der Waals surface area contributed by atoms with Crippen LogP contribution in [0.1, 0.15) is 22.6 Å². The fraction of sp³-hybridized carbons (Fsp3) is 0.250. The van der Waals surface area contributed by atoms with Crippen molar-refractivity contribution in [1.29, 1.82) is 0 Å². The summed E-state index contributed by atoms with van der Waals surface area (Å²) >= 11 is 9.88. The monoisotopic (exact) mass is 322 g/mol. The largest absolute Gasteiger partial charge is 0.0921 e. The molecule has 0 N–H and O–H groups in total. The number of hydrogen-bond donors (Lipinski definition) is 0. The van der Waals surface area contributed by atoms with Crippen molar-refractivity contribution < 1.29 is 0 Å². The smallest absolute Gasteiger partial charge is 0.0441 e. The van der Waals surface area contributed by atoms with E-state index in [1.807, 2.05) is 18.2 Å². The average Bonchev–Trinajstić information content (AvgIpc) is 2.37. The van der Waals surface area contributed by atoms with Crippen LogP contribution < -0.4 is 0 Å². The Morgan fingerprint density at radius 3 is 2.56 bits per heavy atom. The molecule has 1 unspecified atom stereocenters. The van der Waals surface area contributed by atoms with Gasteiger partial charge >= 0.3 is 0 Å². The molecular formula is C16H16BrCl. The predicted molar refractivity (Wildman–Crippen MR) is 82.9 cm³/mol. The van der Waals surface area contributed by atoms with Crippen LogP contribution in [-0.4, -0.2) is 5.33 Å². The normalized spacial score (nSPS) is 12.4. The second kappa shape index (κ2) is 6.40. The zero-order valence-electron chi connectivity index (χ0n) is 10.4. The van der Waals surface area contributed by atoms with Crippen LogP contribution in [0, 0.1) is 6.92 Å². The molecule has 0 radical (unpaired) electrons. The fourth-order valence-corrected chi connectivity index (χ4v) is 3.05. The van der Waals surface area contributed by atoms with Gasteiger partial charge in [-0.1, -0.05) is 75.6 Å². The van der Waals surface area contributed by atoms with E-state index in [4.69, 9.17) is 11.6 Å².